The van der Waals surface area contributed by atoms with Crippen molar-refractivity contribution in [2.75, 3.05) is 6.54 Å². The molecule has 114 valence electrons. The molecule has 3 atom stereocenters. The molecule has 0 saturated carbocycles. The van der Waals surface area contributed by atoms with Crippen LogP contribution in [0.2, 0.25) is 0 Å². The van der Waals surface area contributed by atoms with Gasteiger partial charge in [-0.2, -0.15) is 0 Å². The summed E-state index contributed by atoms with van der Waals surface area (Å²) >= 11 is 0. The number of oxime groups is 1. The standard InChI is InChI=1S/C16H17N3O3/c1-3-11-9-19(16(20)21)15-14(11)13(18-22-15)8-7-12-6-4-5-10(2)17-12/h4-6,11,14-15H,3,9H2,1-2H3,(H,20,21). The van der Waals surface area contributed by atoms with E-state index in [1.54, 1.807) is 0 Å². The smallest absolute Gasteiger partial charge is 0.410 e. The second-order valence-corrected chi connectivity index (χ2v) is 5.52. The van der Waals surface area contributed by atoms with Gasteiger partial charge in [0.2, 0.25) is 6.23 Å². The average molecular weight is 299 g/mol. The zero-order valence-corrected chi connectivity index (χ0v) is 12.5. The van der Waals surface area contributed by atoms with Gasteiger partial charge < -0.3 is 9.94 Å². The van der Waals surface area contributed by atoms with E-state index in [1.165, 1.54) is 4.90 Å². The predicted molar refractivity (Wildman–Crippen MR) is 80.2 cm³/mol. The van der Waals surface area contributed by atoms with Gasteiger partial charge in [0.15, 0.2) is 0 Å². The fraction of sp³-hybridized carbons (Fsp3) is 0.438. The van der Waals surface area contributed by atoms with Crippen LogP contribution in [0.3, 0.4) is 0 Å². The molecule has 3 rings (SSSR count). The van der Waals surface area contributed by atoms with Gasteiger partial charge in [-0.05, 0) is 36.8 Å². The lowest BCUT2D eigenvalue weighted by Gasteiger charge is -2.17. The first kappa shape index (κ1) is 14.4. The summed E-state index contributed by atoms with van der Waals surface area (Å²) in [5.41, 5.74) is 2.19. The number of likely N-dealkylation sites (tertiary alicyclic amines) is 1. The fourth-order valence-electron chi connectivity index (χ4n) is 2.97. The van der Waals surface area contributed by atoms with Crippen LogP contribution < -0.4 is 0 Å². The van der Waals surface area contributed by atoms with Gasteiger partial charge in [0, 0.05) is 12.2 Å². The summed E-state index contributed by atoms with van der Waals surface area (Å²) in [6, 6.07) is 5.65. The van der Waals surface area contributed by atoms with Gasteiger partial charge >= 0.3 is 6.09 Å². The number of nitrogens with zero attached hydrogens (tertiary/aromatic N) is 3. The van der Waals surface area contributed by atoms with E-state index >= 15 is 0 Å². The summed E-state index contributed by atoms with van der Waals surface area (Å²) in [5.74, 6) is 6.10. The normalized spacial score (nSPS) is 25.8. The number of pyridine rings is 1. The Hall–Kier alpha value is -2.55. The van der Waals surface area contributed by atoms with E-state index < -0.39 is 12.3 Å². The van der Waals surface area contributed by atoms with Crippen LogP contribution >= 0.6 is 0 Å². The van der Waals surface area contributed by atoms with E-state index in [2.05, 4.69) is 22.0 Å². The van der Waals surface area contributed by atoms with Crippen LogP contribution in [0.5, 0.6) is 0 Å². The maximum absolute atomic E-state index is 11.3. The molecule has 0 aromatic carbocycles. The topological polar surface area (TPSA) is 75.0 Å². The van der Waals surface area contributed by atoms with Crippen molar-refractivity contribution in [2.24, 2.45) is 17.0 Å². The quantitative estimate of drug-likeness (QED) is 0.806. The molecule has 0 radical (unpaired) electrons. The zero-order valence-electron chi connectivity index (χ0n) is 12.5. The molecular formula is C16H17N3O3. The maximum Gasteiger partial charge on any atom is 0.410 e. The highest BCUT2D eigenvalue weighted by molar-refractivity contribution is 6.03. The molecule has 0 bridgehead atoms. The molecule has 1 N–H and O–H groups in total. The number of amides is 1. The number of rotatable bonds is 1. The Morgan fingerprint density at radius 1 is 1.50 bits per heavy atom. The Morgan fingerprint density at radius 2 is 2.32 bits per heavy atom. The monoisotopic (exact) mass is 299 g/mol. The van der Waals surface area contributed by atoms with E-state index in [-0.39, 0.29) is 11.8 Å². The molecule has 0 aliphatic carbocycles. The molecule has 1 amide bonds. The molecule has 0 spiro atoms. The minimum Gasteiger partial charge on any atom is -0.465 e. The van der Waals surface area contributed by atoms with Crippen LogP contribution in [0.4, 0.5) is 4.79 Å². The van der Waals surface area contributed by atoms with E-state index in [0.29, 0.717) is 18.0 Å². The van der Waals surface area contributed by atoms with Crippen molar-refractivity contribution in [1.82, 2.24) is 9.88 Å². The third kappa shape index (κ3) is 2.50. The lowest BCUT2D eigenvalue weighted by Crippen LogP contribution is -2.36. The third-order valence-corrected chi connectivity index (χ3v) is 4.11. The molecule has 6 nitrogen and oxygen atoms in total. The van der Waals surface area contributed by atoms with Crippen molar-refractivity contribution in [1.29, 1.82) is 0 Å². The maximum atomic E-state index is 11.3. The molecule has 1 aromatic heterocycles. The van der Waals surface area contributed by atoms with Gasteiger partial charge in [-0.1, -0.05) is 24.6 Å². The predicted octanol–water partition coefficient (Wildman–Crippen LogP) is 2.09. The SMILES string of the molecule is CCC1CN(C(=O)O)C2ON=C(C#Cc3cccc(C)n3)C12. The lowest BCUT2D eigenvalue weighted by molar-refractivity contribution is -0.0178. The first-order chi connectivity index (χ1) is 10.6. The largest absolute Gasteiger partial charge is 0.465 e. The summed E-state index contributed by atoms with van der Waals surface area (Å²) in [6.07, 6.45) is -0.662. The molecule has 6 heteroatoms. The van der Waals surface area contributed by atoms with Crippen molar-refractivity contribution in [2.45, 2.75) is 26.5 Å². The van der Waals surface area contributed by atoms with Crippen LogP contribution in [0, 0.1) is 30.6 Å². The molecule has 1 fully saturated rings. The van der Waals surface area contributed by atoms with Gasteiger partial charge in [0.25, 0.3) is 0 Å². The first-order valence-electron chi connectivity index (χ1n) is 7.29. The number of aromatic nitrogens is 1. The highest BCUT2D eigenvalue weighted by atomic mass is 16.7. The molecule has 3 unspecified atom stereocenters. The molecule has 1 saturated heterocycles. The van der Waals surface area contributed by atoms with Gasteiger partial charge in [0.05, 0.1) is 5.92 Å². The third-order valence-electron chi connectivity index (χ3n) is 4.11. The number of hydrogen-bond acceptors (Lipinski definition) is 4. The molecule has 22 heavy (non-hydrogen) atoms. The van der Waals surface area contributed by atoms with E-state index in [9.17, 15) is 9.90 Å². The Kier molecular flexibility index (Phi) is 3.72. The number of fused-ring (bicyclic) bond motifs is 1. The van der Waals surface area contributed by atoms with Gasteiger partial charge in [-0.15, -0.1) is 0 Å². The second kappa shape index (κ2) is 5.68. The van der Waals surface area contributed by atoms with Crippen molar-refractivity contribution < 1.29 is 14.7 Å². The van der Waals surface area contributed by atoms with Crippen LogP contribution in [0.1, 0.15) is 24.7 Å². The minimum atomic E-state index is -0.976. The number of carboxylic acid groups (broad SMARTS) is 1. The summed E-state index contributed by atoms with van der Waals surface area (Å²) in [5, 5.41) is 13.2. The Bertz CT molecular complexity index is 689. The summed E-state index contributed by atoms with van der Waals surface area (Å²) in [6.45, 7) is 4.41. The van der Waals surface area contributed by atoms with Crippen molar-refractivity contribution >= 4 is 11.8 Å². The molecule has 2 aliphatic rings. The fourth-order valence-corrected chi connectivity index (χ4v) is 2.97. The van der Waals surface area contributed by atoms with Crippen molar-refractivity contribution in [3.05, 3.63) is 29.6 Å². The molecule has 2 aliphatic heterocycles. The Labute approximate surface area is 128 Å². The highest BCUT2D eigenvalue weighted by Crippen LogP contribution is 2.37. The van der Waals surface area contributed by atoms with E-state index in [1.807, 2.05) is 32.0 Å². The summed E-state index contributed by atoms with van der Waals surface area (Å²) in [4.78, 5) is 22.2. The summed E-state index contributed by atoms with van der Waals surface area (Å²) in [7, 11) is 0. The van der Waals surface area contributed by atoms with Crippen LogP contribution in [0.25, 0.3) is 0 Å². The van der Waals surface area contributed by atoms with Crippen LogP contribution in [0.15, 0.2) is 23.4 Å². The van der Waals surface area contributed by atoms with Crippen LogP contribution in [-0.2, 0) is 4.84 Å². The molecule has 1 aromatic rings. The average Bonchev–Trinajstić information content (AvgIpc) is 3.05. The van der Waals surface area contributed by atoms with E-state index in [0.717, 1.165) is 12.1 Å². The lowest BCUT2D eigenvalue weighted by atomic mass is 9.89. The number of carbonyl (C=O) groups is 1. The molecular weight excluding hydrogens is 282 g/mol. The van der Waals surface area contributed by atoms with Gasteiger partial charge in [-0.25, -0.2) is 9.78 Å². The van der Waals surface area contributed by atoms with E-state index in [4.69, 9.17) is 4.84 Å². The van der Waals surface area contributed by atoms with Crippen molar-refractivity contribution in [3.63, 3.8) is 0 Å². The zero-order chi connectivity index (χ0) is 15.7. The minimum absolute atomic E-state index is 0.0848. The highest BCUT2D eigenvalue weighted by Gasteiger charge is 2.50. The van der Waals surface area contributed by atoms with Crippen molar-refractivity contribution in [3.8, 4) is 11.8 Å². The Morgan fingerprint density at radius 3 is 3.00 bits per heavy atom. The Balaban J connectivity index is 1.83. The van der Waals surface area contributed by atoms with Gasteiger partial charge in [-0.3, -0.25) is 4.90 Å². The van der Waals surface area contributed by atoms with Gasteiger partial charge in [0.1, 0.15) is 11.4 Å². The summed E-state index contributed by atoms with van der Waals surface area (Å²) < 4.78 is 0. The first-order valence-corrected chi connectivity index (χ1v) is 7.29. The number of hydrogen-bond donors (Lipinski definition) is 1. The van der Waals surface area contributed by atoms with Crippen LogP contribution in [-0.4, -0.2) is 39.6 Å². The molecule has 3 heterocycles. The second-order valence-electron chi connectivity index (χ2n) is 5.52. The number of aryl methyl sites for hydroxylation is 1.